The molecule has 0 spiro atoms. The third-order valence-electron chi connectivity index (χ3n) is 4.04. The van der Waals surface area contributed by atoms with Crippen molar-refractivity contribution in [3.05, 3.63) is 23.6 Å². The molecule has 4 N–H and O–H groups in total. The lowest BCUT2D eigenvalue weighted by molar-refractivity contribution is 0.0943. The van der Waals surface area contributed by atoms with Gasteiger partial charge in [-0.15, -0.1) is 0 Å². The first-order chi connectivity index (χ1) is 10.1. The van der Waals surface area contributed by atoms with Crippen molar-refractivity contribution in [2.75, 3.05) is 18.2 Å². The van der Waals surface area contributed by atoms with E-state index in [9.17, 15) is 9.18 Å². The van der Waals surface area contributed by atoms with E-state index in [0.29, 0.717) is 6.54 Å². The molecule has 1 saturated carbocycles. The van der Waals surface area contributed by atoms with Gasteiger partial charge in [-0.25, -0.2) is 15.2 Å². The summed E-state index contributed by atoms with van der Waals surface area (Å²) in [5, 5.41) is 2.86. The fraction of sp³-hybridized carbons (Fsp3) is 0.571. The van der Waals surface area contributed by atoms with Gasteiger partial charge < -0.3 is 10.7 Å². The number of amides is 1. The van der Waals surface area contributed by atoms with E-state index < -0.39 is 11.7 Å². The van der Waals surface area contributed by atoms with Gasteiger partial charge in [0.25, 0.3) is 5.91 Å². The number of rotatable bonds is 5. The predicted molar refractivity (Wildman–Crippen MR) is 83.7 cm³/mol. The molecule has 5 nitrogen and oxygen atoms in total. The van der Waals surface area contributed by atoms with Gasteiger partial charge in [-0.2, -0.15) is 11.8 Å². The number of aromatic nitrogens is 1. The Balaban J connectivity index is 2.04. The second kappa shape index (κ2) is 7.09. The number of carbonyl (C=O) groups is 1. The number of nitrogens with zero attached hydrogens (tertiary/aromatic N) is 1. The zero-order valence-corrected chi connectivity index (χ0v) is 12.9. The van der Waals surface area contributed by atoms with E-state index in [2.05, 4.69) is 22.0 Å². The molecule has 0 aromatic carbocycles. The van der Waals surface area contributed by atoms with Gasteiger partial charge in [0.15, 0.2) is 11.6 Å². The summed E-state index contributed by atoms with van der Waals surface area (Å²) in [7, 11) is 0. The molecular weight excluding hydrogens is 291 g/mol. The number of hydrogen-bond donors (Lipinski definition) is 3. The molecule has 1 heterocycles. The number of nitrogens with two attached hydrogens (primary N) is 1. The molecule has 21 heavy (non-hydrogen) atoms. The minimum atomic E-state index is -0.723. The highest BCUT2D eigenvalue weighted by atomic mass is 32.2. The number of nitrogens with one attached hydrogen (secondary N) is 2. The third-order valence-corrected chi connectivity index (χ3v) is 5.46. The van der Waals surface area contributed by atoms with E-state index in [1.165, 1.54) is 31.5 Å². The van der Waals surface area contributed by atoms with Crippen LogP contribution in [0.25, 0.3) is 0 Å². The van der Waals surface area contributed by atoms with Crippen LogP contribution in [0.4, 0.5) is 10.2 Å². The molecule has 1 aromatic rings. The largest absolute Gasteiger partial charge is 0.351 e. The van der Waals surface area contributed by atoms with Gasteiger partial charge >= 0.3 is 0 Å². The molecule has 0 bridgehead atoms. The molecule has 0 unspecified atom stereocenters. The standard InChI is InChI=1S/C14H21FN4OS/c1-21-14(6-3-2-4-7-14)9-18-13(20)10-5-8-17-12(19-16)11(10)15/h5,8H,2-4,6-7,9,16H2,1H3,(H,17,19)(H,18,20). The van der Waals surface area contributed by atoms with Crippen LogP contribution < -0.4 is 16.6 Å². The van der Waals surface area contributed by atoms with Crippen LogP contribution >= 0.6 is 11.8 Å². The minimum Gasteiger partial charge on any atom is -0.351 e. The molecule has 0 radical (unpaired) electrons. The first-order valence-electron chi connectivity index (χ1n) is 7.06. The molecule has 0 atom stereocenters. The van der Waals surface area contributed by atoms with Gasteiger partial charge in [-0.05, 0) is 25.2 Å². The molecule has 2 rings (SSSR count). The number of nitrogen functional groups attached to an aromatic ring is 1. The van der Waals surface area contributed by atoms with Crippen molar-refractivity contribution in [2.24, 2.45) is 5.84 Å². The van der Waals surface area contributed by atoms with Crippen molar-refractivity contribution in [3.8, 4) is 0 Å². The molecular formula is C14H21FN4OS. The first kappa shape index (κ1) is 16.0. The van der Waals surface area contributed by atoms with Crippen molar-refractivity contribution in [2.45, 2.75) is 36.9 Å². The van der Waals surface area contributed by atoms with E-state index in [4.69, 9.17) is 5.84 Å². The van der Waals surface area contributed by atoms with Crippen molar-refractivity contribution in [1.82, 2.24) is 10.3 Å². The average molecular weight is 312 g/mol. The number of halogens is 1. The number of anilines is 1. The highest BCUT2D eigenvalue weighted by Crippen LogP contribution is 2.38. The van der Waals surface area contributed by atoms with Crippen LogP contribution in [-0.2, 0) is 0 Å². The Bertz CT molecular complexity index is 506. The average Bonchev–Trinajstić information content (AvgIpc) is 2.54. The summed E-state index contributed by atoms with van der Waals surface area (Å²) in [6.07, 6.45) is 9.22. The van der Waals surface area contributed by atoms with Crippen LogP contribution in [0.5, 0.6) is 0 Å². The Morgan fingerprint density at radius 3 is 2.81 bits per heavy atom. The monoisotopic (exact) mass is 312 g/mol. The lowest BCUT2D eigenvalue weighted by Gasteiger charge is -2.35. The molecule has 7 heteroatoms. The predicted octanol–water partition coefficient (Wildman–Crippen LogP) is 2.30. The van der Waals surface area contributed by atoms with E-state index in [-0.39, 0.29) is 16.1 Å². The maximum Gasteiger partial charge on any atom is 0.254 e. The summed E-state index contributed by atoms with van der Waals surface area (Å²) >= 11 is 1.79. The topological polar surface area (TPSA) is 80.0 Å². The van der Waals surface area contributed by atoms with Crippen LogP contribution in [0.1, 0.15) is 42.5 Å². The second-order valence-corrected chi connectivity index (χ2v) is 6.57. The number of hydrazine groups is 1. The van der Waals surface area contributed by atoms with E-state index in [0.717, 1.165) is 12.8 Å². The van der Waals surface area contributed by atoms with E-state index >= 15 is 0 Å². The van der Waals surface area contributed by atoms with Gasteiger partial charge in [0.2, 0.25) is 0 Å². The number of thioether (sulfide) groups is 1. The molecule has 0 aliphatic heterocycles. The maximum atomic E-state index is 14.0. The van der Waals surface area contributed by atoms with Crippen LogP contribution in [-0.4, -0.2) is 28.4 Å². The van der Waals surface area contributed by atoms with Crippen molar-refractivity contribution in [3.63, 3.8) is 0 Å². The Kier molecular flexibility index (Phi) is 5.41. The Hall–Kier alpha value is -1.34. The van der Waals surface area contributed by atoms with Gasteiger partial charge in [-0.3, -0.25) is 4.79 Å². The Labute approximate surface area is 128 Å². The fourth-order valence-corrected chi connectivity index (χ4v) is 3.62. The van der Waals surface area contributed by atoms with Crippen LogP contribution in [0.3, 0.4) is 0 Å². The Morgan fingerprint density at radius 2 is 2.19 bits per heavy atom. The molecule has 1 amide bonds. The van der Waals surface area contributed by atoms with Gasteiger partial charge in [-0.1, -0.05) is 19.3 Å². The quantitative estimate of drug-likeness (QED) is 0.574. The fourth-order valence-electron chi connectivity index (χ4n) is 2.71. The lowest BCUT2D eigenvalue weighted by Crippen LogP contribution is -2.42. The number of carbonyl (C=O) groups excluding carboxylic acids is 1. The number of hydrogen-bond acceptors (Lipinski definition) is 5. The third kappa shape index (κ3) is 3.65. The molecule has 0 saturated heterocycles. The number of pyridine rings is 1. The van der Waals surface area contributed by atoms with Crippen LogP contribution in [0, 0.1) is 5.82 Å². The summed E-state index contributed by atoms with van der Waals surface area (Å²) in [6, 6.07) is 1.36. The molecule has 116 valence electrons. The van der Waals surface area contributed by atoms with Crippen molar-refractivity contribution >= 4 is 23.5 Å². The Morgan fingerprint density at radius 1 is 1.48 bits per heavy atom. The SMILES string of the molecule is CSC1(CNC(=O)c2ccnc(NN)c2F)CCCCC1. The summed E-state index contributed by atoms with van der Waals surface area (Å²) in [5.41, 5.74) is 2.11. The van der Waals surface area contributed by atoms with Crippen LogP contribution in [0.15, 0.2) is 12.3 Å². The van der Waals surface area contributed by atoms with Crippen molar-refractivity contribution in [1.29, 1.82) is 0 Å². The van der Waals surface area contributed by atoms with E-state index in [1.807, 2.05) is 0 Å². The summed E-state index contributed by atoms with van der Waals surface area (Å²) in [4.78, 5) is 15.9. The summed E-state index contributed by atoms with van der Waals surface area (Å²) in [6.45, 7) is 0.556. The molecule has 1 aromatic heterocycles. The second-order valence-electron chi connectivity index (χ2n) is 5.30. The van der Waals surface area contributed by atoms with Gasteiger partial charge in [0, 0.05) is 17.5 Å². The zero-order valence-electron chi connectivity index (χ0n) is 12.1. The van der Waals surface area contributed by atoms with Crippen LogP contribution in [0.2, 0.25) is 0 Å². The zero-order chi connectivity index (χ0) is 15.3. The first-order valence-corrected chi connectivity index (χ1v) is 8.29. The lowest BCUT2D eigenvalue weighted by atomic mass is 9.88. The highest BCUT2D eigenvalue weighted by Gasteiger charge is 2.31. The van der Waals surface area contributed by atoms with Crippen molar-refractivity contribution < 1.29 is 9.18 Å². The minimum absolute atomic E-state index is 0.0370. The van der Waals surface area contributed by atoms with E-state index in [1.54, 1.807) is 11.8 Å². The highest BCUT2D eigenvalue weighted by molar-refractivity contribution is 8.00. The maximum absolute atomic E-state index is 14.0. The van der Waals surface area contributed by atoms with Gasteiger partial charge in [0.05, 0.1) is 5.56 Å². The van der Waals surface area contributed by atoms with Gasteiger partial charge in [0.1, 0.15) is 0 Å². The smallest absolute Gasteiger partial charge is 0.254 e. The molecule has 1 aliphatic rings. The summed E-state index contributed by atoms with van der Waals surface area (Å²) < 4.78 is 14.1. The normalized spacial score (nSPS) is 17.3. The molecule has 1 aliphatic carbocycles. The molecule has 1 fully saturated rings. The summed E-state index contributed by atoms with van der Waals surface area (Å²) in [5.74, 6) is 3.89.